The van der Waals surface area contributed by atoms with E-state index in [0.717, 1.165) is 10.0 Å². The van der Waals surface area contributed by atoms with Gasteiger partial charge in [-0.05, 0) is 27.4 Å². The molecule has 3 heteroatoms. The molecule has 0 N–H and O–H groups in total. The number of pyridine rings is 1. The van der Waals surface area contributed by atoms with E-state index in [9.17, 15) is 0 Å². The molecule has 0 radical (unpaired) electrons. The molecule has 2 aromatic heterocycles. The molecule has 17 heavy (non-hydrogen) atoms. The van der Waals surface area contributed by atoms with Crippen LogP contribution in [0.15, 0.2) is 39.8 Å². The summed E-state index contributed by atoms with van der Waals surface area (Å²) in [5.74, 6) is 0. The van der Waals surface area contributed by atoms with Gasteiger partial charge in [0.2, 0.25) is 0 Å². The van der Waals surface area contributed by atoms with E-state index in [1.807, 2.05) is 26.1 Å². The van der Waals surface area contributed by atoms with Crippen LogP contribution in [0.3, 0.4) is 0 Å². The van der Waals surface area contributed by atoms with Crippen molar-refractivity contribution in [1.29, 1.82) is 0 Å². The Morgan fingerprint density at radius 1 is 1.24 bits per heavy atom. The van der Waals surface area contributed by atoms with Crippen molar-refractivity contribution in [3.8, 4) is 11.1 Å². The van der Waals surface area contributed by atoms with E-state index in [4.69, 9.17) is 0 Å². The summed E-state index contributed by atoms with van der Waals surface area (Å²) in [5.41, 5.74) is 2.37. The van der Waals surface area contributed by atoms with E-state index >= 15 is 0 Å². The summed E-state index contributed by atoms with van der Waals surface area (Å²) in [5, 5.41) is 4.18. The third-order valence-corrected chi connectivity index (χ3v) is 3.29. The molecule has 0 aliphatic carbocycles. The second-order valence-electron chi connectivity index (χ2n) is 3.08. The van der Waals surface area contributed by atoms with Crippen LogP contribution in [0.2, 0.25) is 0 Å². The van der Waals surface area contributed by atoms with Crippen LogP contribution in [0.5, 0.6) is 0 Å². The lowest BCUT2D eigenvalue weighted by atomic mass is 10.2. The molecule has 0 saturated heterocycles. The van der Waals surface area contributed by atoms with Gasteiger partial charge in [0, 0.05) is 33.4 Å². The van der Waals surface area contributed by atoms with Crippen molar-refractivity contribution < 1.29 is 0 Å². The molecule has 0 aliphatic heterocycles. The van der Waals surface area contributed by atoms with Crippen molar-refractivity contribution in [2.45, 2.75) is 34.1 Å². The third kappa shape index (κ3) is 5.99. The smallest absolute Gasteiger partial charge is 0.0361 e. The van der Waals surface area contributed by atoms with Gasteiger partial charge in [0.05, 0.1) is 0 Å². The fourth-order valence-electron chi connectivity index (χ4n) is 1.01. The summed E-state index contributed by atoms with van der Waals surface area (Å²) in [7, 11) is 0. The van der Waals surface area contributed by atoms with Crippen molar-refractivity contribution in [2.75, 3.05) is 0 Å². The minimum absolute atomic E-state index is 1.14. The van der Waals surface area contributed by atoms with E-state index in [1.54, 1.807) is 17.5 Å². The Balaban J connectivity index is 0.000000450. The molecule has 0 saturated carbocycles. The molecule has 0 fully saturated rings. The van der Waals surface area contributed by atoms with Gasteiger partial charge in [-0.15, -0.1) is 0 Å². The van der Waals surface area contributed by atoms with Gasteiger partial charge in [0.25, 0.3) is 0 Å². The maximum Gasteiger partial charge on any atom is 0.0361 e. The predicted molar refractivity (Wildman–Crippen MR) is 82.6 cm³/mol. The Morgan fingerprint density at radius 2 is 1.88 bits per heavy atom. The van der Waals surface area contributed by atoms with Gasteiger partial charge >= 0.3 is 0 Å². The molecule has 2 aromatic rings. The summed E-state index contributed by atoms with van der Waals surface area (Å²) in [6.45, 7) is 8.25. The van der Waals surface area contributed by atoms with E-state index in [1.165, 1.54) is 12.0 Å². The van der Waals surface area contributed by atoms with Crippen LogP contribution in [0.25, 0.3) is 11.1 Å². The average molecular weight is 314 g/mol. The van der Waals surface area contributed by atoms with Crippen LogP contribution in [0, 0.1) is 0 Å². The predicted octanol–water partition coefficient (Wildman–Crippen LogP) is 6.02. The average Bonchev–Trinajstić information content (AvgIpc) is 2.80. The van der Waals surface area contributed by atoms with Crippen molar-refractivity contribution in [2.24, 2.45) is 0 Å². The number of halogens is 1. The number of hydrogen-bond acceptors (Lipinski definition) is 2. The van der Waals surface area contributed by atoms with E-state index < -0.39 is 0 Å². The van der Waals surface area contributed by atoms with Gasteiger partial charge in [-0.1, -0.05) is 40.2 Å². The molecule has 94 valence electrons. The zero-order valence-corrected chi connectivity index (χ0v) is 13.3. The first-order valence-corrected chi connectivity index (χ1v) is 7.65. The molecule has 0 bridgehead atoms. The third-order valence-electron chi connectivity index (χ3n) is 1.59. The molecule has 0 unspecified atom stereocenters. The van der Waals surface area contributed by atoms with Gasteiger partial charge in [-0.3, -0.25) is 4.98 Å². The van der Waals surface area contributed by atoms with E-state index in [2.05, 4.69) is 51.6 Å². The number of nitrogens with zero attached hydrogens (tertiary/aromatic N) is 1. The van der Waals surface area contributed by atoms with Crippen molar-refractivity contribution in [3.05, 3.63) is 39.8 Å². The first-order chi connectivity index (χ1) is 8.29. The highest BCUT2D eigenvalue weighted by molar-refractivity contribution is 9.10. The number of hydrogen-bond donors (Lipinski definition) is 0. The lowest BCUT2D eigenvalue weighted by Gasteiger charge is -1.96. The van der Waals surface area contributed by atoms with Gasteiger partial charge in [-0.2, -0.15) is 11.3 Å². The molecule has 0 atom stereocenters. The highest BCUT2D eigenvalue weighted by Gasteiger charge is 2.02. The highest BCUT2D eigenvalue weighted by Crippen LogP contribution is 2.30. The molecule has 0 spiro atoms. The summed E-state index contributed by atoms with van der Waals surface area (Å²) in [6.07, 6.45) is 4.90. The fraction of sp³-hybridized carbons (Fsp3) is 0.357. The zero-order chi connectivity index (χ0) is 13.1. The van der Waals surface area contributed by atoms with Crippen LogP contribution in [-0.4, -0.2) is 4.98 Å². The fourth-order valence-corrected chi connectivity index (χ4v) is 2.54. The quantitative estimate of drug-likeness (QED) is 0.627. The van der Waals surface area contributed by atoms with Gasteiger partial charge in [-0.25, -0.2) is 0 Å². The van der Waals surface area contributed by atoms with Gasteiger partial charge in [0.1, 0.15) is 0 Å². The largest absolute Gasteiger partial charge is 0.264 e. The Bertz CT molecular complexity index is 384. The summed E-state index contributed by atoms with van der Waals surface area (Å²) in [6, 6.07) is 4.00. The normalized spacial score (nSPS) is 8.53. The summed E-state index contributed by atoms with van der Waals surface area (Å²) >= 11 is 5.17. The molecule has 1 nitrogen and oxygen atoms in total. The van der Waals surface area contributed by atoms with Crippen molar-refractivity contribution in [1.82, 2.24) is 4.98 Å². The SMILES string of the molecule is Brc1cscc1-c1cccnc1.CC.CCC. The van der Waals surface area contributed by atoms with Gasteiger partial charge < -0.3 is 0 Å². The lowest BCUT2D eigenvalue weighted by molar-refractivity contribution is 1.09. The molecule has 2 rings (SSSR count). The lowest BCUT2D eigenvalue weighted by Crippen LogP contribution is -1.75. The first kappa shape index (κ1) is 16.3. The van der Waals surface area contributed by atoms with E-state index in [-0.39, 0.29) is 0 Å². The maximum absolute atomic E-state index is 4.07. The minimum Gasteiger partial charge on any atom is -0.264 e. The first-order valence-electron chi connectivity index (χ1n) is 5.91. The monoisotopic (exact) mass is 313 g/mol. The van der Waals surface area contributed by atoms with Crippen LogP contribution < -0.4 is 0 Å². The van der Waals surface area contributed by atoms with E-state index in [0.29, 0.717) is 0 Å². The Morgan fingerprint density at radius 3 is 2.29 bits per heavy atom. The Labute approximate surface area is 117 Å². The van der Waals surface area contributed by atoms with Crippen LogP contribution in [-0.2, 0) is 0 Å². The Hall–Kier alpha value is -0.670. The topological polar surface area (TPSA) is 12.9 Å². The standard InChI is InChI=1S/C9H6BrNS.C3H8.C2H6/c10-9-6-12-5-8(9)7-2-1-3-11-4-7;1-3-2;1-2/h1-6H;3H2,1-2H3;1-2H3. The van der Waals surface area contributed by atoms with Crippen molar-refractivity contribution >= 4 is 27.3 Å². The zero-order valence-electron chi connectivity index (χ0n) is 10.9. The van der Waals surface area contributed by atoms with Crippen LogP contribution in [0.1, 0.15) is 34.1 Å². The molecule has 0 aliphatic rings. The number of thiophene rings is 1. The molecule has 0 amide bonds. The molecule has 2 heterocycles. The molecule has 0 aromatic carbocycles. The summed E-state index contributed by atoms with van der Waals surface area (Å²) in [4.78, 5) is 4.07. The second kappa shape index (κ2) is 10.5. The minimum atomic E-state index is 1.14. The molecular weight excluding hydrogens is 294 g/mol. The van der Waals surface area contributed by atoms with Crippen LogP contribution >= 0.6 is 27.3 Å². The highest BCUT2D eigenvalue weighted by atomic mass is 79.9. The maximum atomic E-state index is 4.07. The van der Waals surface area contributed by atoms with Crippen LogP contribution in [0.4, 0.5) is 0 Å². The number of aromatic nitrogens is 1. The van der Waals surface area contributed by atoms with Crippen molar-refractivity contribution in [3.63, 3.8) is 0 Å². The second-order valence-corrected chi connectivity index (χ2v) is 4.68. The van der Waals surface area contributed by atoms with Gasteiger partial charge in [0.15, 0.2) is 0 Å². The Kier molecular flexibility index (Phi) is 10.1. The number of rotatable bonds is 1. The summed E-state index contributed by atoms with van der Waals surface area (Å²) < 4.78 is 1.14. The molecular formula is C14H20BrNS.